The monoisotopic (exact) mass is 361 g/mol. The summed E-state index contributed by atoms with van der Waals surface area (Å²) in [7, 11) is 1.82. The van der Waals surface area contributed by atoms with E-state index in [9.17, 15) is 4.79 Å². The van der Waals surface area contributed by atoms with E-state index >= 15 is 0 Å². The first-order valence-electron chi connectivity index (χ1n) is 8.36. The summed E-state index contributed by atoms with van der Waals surface area (Å²) < 4.78 is 7.48. The number of amides is 1. The van der Waals surface area contributed by atoms with E-state index in [2.05, 4.69) is 27.7 Å². The first-order valence-corrected chi connectivity index (χ1v) is 9.76. The number of ether oxygens (including phenoxy) is 1. The Morgan fingerprint density at radius 3 is 3.08 bits per heavy atom. The first kappa shape index (κ1) is 17.9. The highest BCUT2D eigenvalue weighted by Crippen LogP contribution is 2.28. The van der Waals surface area contributed by atoms with Gasteiger partial charge in [-0.3, -0.25) is 4.79 Å². The second kappa shape index (κ2) is 8.44. The van der Waals surface area contributed by atoms with Crippen molar-refractivity contribution >= 4 is 17.7 Å². The summed E-state index contributed by atoms with van der Waals surface area (Å²) in [6.07, 6.45) is 5.05. The Balaban J connectivity index is 1.71. The molecule has 3 rings (SSSR count). The first-order chi connectivity index (χ1) is 12.2. The maximum atomic E-state index is 13.0. The van der Waals surface area contributed by atoms with E-state index in [1.807, 2.05) is 25.4 Å². The van der Waals surface area contributed by atoms with Crippen LogP contribution in [0.15, 0.2) is 30.6 Å². The Morgan fingerprint density at radius 2 is 2.32 bits per heavy atom. The molecule has 1 aliphatic heterocycles. The van der Waals surface area contributed by atoms with Crippen molar-refractivity contribution in [2.75, 3.05) is 32.2 Å². The number of likely N-dealkylation sites (N-methyl/N-ethyl adjacent to an activating group) is 1. The summed E-state index contributed by atoms with van der Waals surface area (Å²) in [5.74, 6) is 0.875. The largest absolute Gasteiger partial charge is 0.371 e. The SMILES string of the molecule is CSCC[C@H](C(=O)N(C)C[C@@H]1OCCc2ccccc21)n1cnnn1. The smallest absolute Gasteiger partial charge is 0.247 e. The Kier molecular flexibility index (Phi) is 6.04. The maximum absolute atomic E-state index is 13.0. The number of nitrogens with zero attached hydrogens (tertiary/aromatic N) is 5. The number of thioether (sulfide) groups is 1. The zero-order valence-electron chi connectivity index (χ0n) is 14.5. The fraction of sp³-hybridized carbons (Fsp3) is 0.529. The van der Waals surface area contributed by atoms with Gasteiger partial charge in [0.05, 0.1) is 13.2 Å². The number of tetrazole rings is 1. The third-order valence-corrected chi connectivity index (χ3v) is 5.12. The lowest BCUT2D eigenvalue weighted by Gasteiger charge is -2.31. The van der Waals surface area contributed by atoms with Gasteiger partial charge in [-0.05, 0) is 46.4 Å². The van der Waals surface area contributed by atoms with Crippen LogP contribution in [0.3, 0.4) is 0 Å². The van der Waals surface area contributed by atoms with E-state index in [1.54, 1.807) is 21.3 Å². The van der Waals surface area contributed by atoms with Crippen molar-refractivity contribution in [3.05, 3.63) is 41.7 Å². The van der Waals surface area contributed by atoms with Gasteiger partial charge in [-0.1, -0.05) is 24.3 Å². The minimum absolute atomic E-state index is 0.00741. The van der Waals surface area contributed by atoms with E-state index in [-0.39, 0.29) is 18.1 Å². The van der Waals surface area contributed by atoms with Crippen molar-refractivity contribution in [3.63, 3.8) is 0 Å². The van der Waals surface area contributed by atoms with Gasteiger partial charge in [0.2, 0.25) is 5.91 Å². The topological polar surface area (TPSA) is 73.1 Å². The summed E-state index contributed by atoms with van der Waals surface area (Å²) >= 11 is 1.71. The Hall–Kier alpha value is -1.93. The zero-order chi connectivity index (χ0) is 17.6. The highest BCUT2D eigenvalue weighted by atomic mass is 32.2. The fourth-order valence-electron chi connectivity index (χ4n) is 3.13. The van der Waals surface area contributed by atoms with E-state index in [1.165, 1.54) is 17.5 Å². The molecule has 1 aliphatic rings. The molecule has 25 heavy (non-hydrogen) atoms. The quantitative estimate of drug-likeness (QED) is 0.748. The van der Waals surface area contributed by atoms with Gasteiger partial charge in [0, 0.05) is 7.05 Å². The molecule has 8 heteroatoms. The normalized spacial score (nSPS) is 17.8. The van der Waals surface area contributed by atoms with Gasteiger partial charge in [0.15, 0.2) is 0 Å². The third kappa shape index (κ3) is 4.19. The minimum Gasteiger partial charge on any atom is -0.371 e. The van der Waals surface area contributed by atoms with Crippen molar-refractivity contribution in [3.8, 4) is 0 Å². The van der Waals surface area contributed by atoms with Gasteiger partial charge in [-0.25, -0.2) is 4.68 Å². The molecular weight excluding hydrogens is 338 g/mol. The van der Waals surface area contributed by atoms with Gasteiger partial charge in [-0.2, -0.15) is 11.8 Å². The molecule has 0 N–H and O–H groups in total. The number of fused-ring (bicyclic) bond motifs is 1. The summed E-state index contributed by atoms with van der Waals surface area (Å²) in [6, 6.07) is 7.90. The minimum atomic E-state index is -0.383. The molecule has 0 radical (unpaired) electrons. The van der Waals surface area contributed by atoms with Crippen LogP contribution >= 0.6 is 11.8 Å². The van der Waals surface area contributed by atoms with Gasteiger partial charge in [0.1, 0.15) is 18.5 Å². The van der Waals surface area contributed by atoms with E-state index in [0.29, 0.717) is 19.6 Å². The number of benzene rings is 1. The van der Waals surface area contributed by atoms with Crippen LogP contribution < -0.4 is 0 Å². The Labute approximate surface area is 151 Å². The van der Waals surface area contributed by atoms with Crippen molar-refractivity contribution in [2.45, 2.75) is 25.0 Å². The second-order valence-corrected chi connectivity index (χ2v) is 7.10. The molecule has 1 aromatic heterocycles. The van der Waals surface area contributed by atoms with Crippen LogP contribution in [-0.2, 0) is 16.0 Å². The van der Waals surface area contributed by atoms with Crippen molar-refractivity contribution < 1.29 is 9.53 Å². The van der Waals surface area contributed by atoms with Crippen LogP contribution in [0.2, 0.25) is 0 Å². The molecule has 0 unspecified atom stereocenters. The van der Waals surface area contributed by atoms with Crippen molar-refractivity contribution in [1.82, 2.24) is 25.1 Å². The van der Waals surface area contributed by atoms with Gasteiger partial charge in [0.25, 0.3) is 0 Å². The summed E-state index contributed by atoms with van der Waals surface area (Å²) in [5, 5.41) is 11.3. The summed E-state index contributed by atoms with van der Waals surface area (Å²) in [4.78, 5) is 14.7. The molecule has 7 nitrogen and oxygen atoms in total. The molecule has 0 saturated carbocycles. The number of hydrogen-bond donors (Lipinski definition) is 0. The summed E-state index contributed by atoms with van der Waals surface area (Å²) in [6.45, 7) is 1.21. The predicted octanol–water partition coefficient (Wildman–Crippen LogP) is 1.74. The molecule has 1 aromatic carbocycles. The molecule has 0 aliphatic carbocycles. The molecular formula is C17H23N5O2S. The molecule has 0 bridgehead atoms. The van der Waals surface area contributed by atoms with Crippen LogP contribution in [-0.4, -0.2) is 63.2 Å². The van der Waals surface area contributed by atoms with E-state index in [4.69, 9.17) is 4.74 Å². The van der Waals surface area contributed by atoms with Gasteiger partial charge >= 0.3 is 0 Å². The van der Waals surface area contributed by atoms with Gasteiger partial charge < -0.3 is 9.64 Å². The Morgan fingerprint density at radius 1 is 1.48 bits per heavy atom. The lowest BCUT2D eigenvalue weighted by molar-refractivity contribution is -0.136. The molecule has 0 saturated heterocycles. The standard InChI is InChI=1S/C17H23N5O2S/c1-21(11-16-14-6-4-3-5-13(14)7-9-24-16)17(23)15(8-10-25-2)22-12-18-19-20-22/h3-6,12,15-16H,7-11H2,1-2H3/t15-,16+/m1/s1. The average molecular weight is 361 g/mol. The van der Waals surface area contributed by atoms with E-state index < -0.39 is 0 Å². The molecule has 2 atom stereocenters. The highest BCUT2D eigenvalue weighted by molar-refractivity contribution is 7.98. The van der Waals surface area contributed by atoms with Crippen LogP contribution in [0.1, 0.15) is 29.7 Å². The molecule has 134 valence electrons. The van der Waals surface area contributed by atoms with E-state index in [0.717, 1.165) is 12.2 Å². The summed E-state index contributed by atoms with van der Waals surface area (Å²) in [5.41, 5.74) is 2.48. The number of rotatable bonds is 7. The number of aromatic nitrogens is 4. The Bertz CT molecular complexity index is 694. The van der Waals surface area contributed by atoms with Crippen LogP contribution in [0.4, 0.5) is 0 Å². The van der Waals surface area contributed by atoms with Crippen LogP contribution in [0.25, 0.3) is 0 Å². The second-order valence-electron chi connectivity index (χ2n) is 6.11. The lowest BCUT2D eigenvalue weighted by Crippen LogP contribution is -2.39. The molecule has 0 fully saturated rings. The average Bonchev–Trinajstić information content (AvgIpc) is 3.16. The number of hydrogen-bond acceptors (Lipinski definition) is 6. The molecule has 2 heterocycles. The third-order valence-electron chi connectivity index (χ3n) is 4.47. The van der Waals surface area contributed by atoms with Crippen LogP contribution in [0, 0.1) is 0 Å². The van der Waals surface area contributed by atoms with Crippen LogP contribution in [0.5, 0.6) is 0 Å². The zero-order valence-corrected chi connectivity index (χ0v) is 15.4. The van der Waals surface area contributed by atoms with Crippen molar-refractivity contribution in [1.29, 1.82) is 0 Å². The molecule has 1 amide bonds. The number of carbonyl (C=O) groups is 1. The number of carbonyl (C=O) groups excluding carboxylic acids is 1. The van der Waals surface area contributed by atoms with Gasteiger partial charge in [-0.15, -0.1) is 5.10 Å². The molecule has 2 aromatic rings. The molecule has 0 spiro atoms. The predicted molar refractivity (Wildman–Crippen MR) is 96.3 cm³/mol. The van der Waals surface area contributed by atoms with Crippen molar-refractivity contribution in [2.24, 2.45) is 0 Å². The fourth-order valence-corrected chi connectivity index (χ4v) is 3.59. The lowest BCUT2D eigenvalue weighted by atomic mass is 9.97. The maximum Gasteiger partial charge on any atom is 0.247 e. The highest BCUT2D eigenvalue weighted by Gasteiger charge is 2.28.